The largest absolute Gasteiger partial charge is 0.497 e. The van der Waals surface area contributed by atoms with Gasteiger partial charge in [0, 0.05) is 42.2 Å². The van der Waals surface area contributed by atoms with Gasteiger partial charge in [-0.05, 0) is 42.3 Å². The molecule has 0 aliphatic carbocycles. The van der Waals surface area contributed by atoms with E-state index in [0.29, 0.717) is 32.5 Å². The number of nitrogens with zero attached hydrogens (tertiary/aromatic N) is 2. The van der Waals surface area contributed by atoms with Gasteiger partial charge in [0.05, 0.1) is 22.8 Å². The zero-order valence-corrected chi connectivity index (χ0v) is 20.7. The zero-order chi connectivity index (χ0) is 23.3. The molecule has 0 bridgehead atoms. The third-order valence-electron chi connectivity index (χ3n) is 4.62. The maximum absolute atomic E-state index is 13.3. The predicted octanol–water partition coefficient (Wildman–Crippen LogP) is 7.57. The number of benzene rings is 2. The van der Waals surface area contributed by atoms with Crippen molar-refractivity contribution in [1.29, 1.82) is 0 Å². The fourth-order valence-electron chi connectivity index (χ4n) is 3.17. The molecule has 1 heterocycles. The Morgan fingerprint density at radius 2 is 1.97 bits per heavy atom. The number of halogens is 1. The Morgan fingerprint density at radius 3 is 2.56 bits per heavy atom. The average Bonchev–Trinajstić information content (AvgIpc) is 3.15. The SMILES string of the molecule is [C-]#[N+]c1c(SCc2ccc(OC)cc2)sc(C(=O)/C(C)=C/N(C)C)c1-c1cccc(Cl)c1. The van der Waals surface area contributed by atoms with Gasteiger partial charge in [-0.2, -0.15) is 0 Å². The first-order valence-electron chi connectivity index (χ1n) is 9.79. The van der Waals surface area contributed by atoms with Crippen molar-refractivity contribution in [3.8, 4) is 16.9 Å². The van der Waals surface area contributed by atoms with Gasteiger partial charge in [-0.25, -0.2) is 4.85 Å². The van der Waals surface area contributed by atoms with E-state index in [-0.39, 0.29) is 5.78 Å². The summed E-state index contributed by atoms with van der Waals surface area (Å²) in [5, 5.41) is 0.566. The summed E-state index contributed by atoms with van der Waals surface area (Å²) in [6.45, 7) is 9.67. The van der Waals surface area contributed by atoms with Crippen LogP contribution in [0.5, 0.6) is 5.75 Å². The van der Waals surface area contributed by atoms with Gasteiger partial charge in [-0.1, -0.05) is 35.9 Å². The lowest BCUT2D eigenvalue weighted by atomic mass is 10.0. The highest BCUT2D eigenvalue weighted by atomic mass is 35.5. The van der Waals surface area contributed by atoms with E-state index in [1.54, 1.807) is 44.1 Å². The van der Waals surface area contributed by atoms with E-state index in [1.165, 1.54) is 11.3 Å². The van der Waals surface area contributed by atoms with Crippen LogP contribution >= 0.6 is 34.7 Å². The number of Topliss-reactive ketones (excluding diaryl/α,β-unsaturated/α-hetero) is 1. The number of methoxy groups -OCH3 is 1. The van der Waals surface area contributed by atoms with Crippen molar-refractivity contribution in [2.75, 3.05) is 21.2 Å². The summed E-state index contributed by atoms with van der Waals surface area (Å²) < 4.78 is 6.05. The van der Waals surface area contributed by atoms with Crippen molar-refractivity contribution < 1.29 is 9.53 Å². The first-order valence-corrected chi connectivity index (χ1v) is 12.0. The third kappa shape index (κ3) is 5.55. The van der Waals surface area contributed by atoms with Gasteiger partial charge in [0.15, 0.2) is 5.78 Å². The molecule has 0 fully saturated rings. The summed E-state index contributed by atoms with van der Waals surface area (Å²) >= 11 is 9.17. The lowest BCUT2D eigenvalue weighted by molar-refractivity contribution is 0.103. The van der Waals surface area contributed by atoms with E-state index >= 15 is 0 Å². The van der Waals surface area contributed by atoms with Crippen molar-refractivity contribution in [2.24, 2.45) is 0 Å². The Hall–Kier alpha value is -2.72. The van der Waals surface area contributed by atoms with E-state index in [0.717, 1.165) is 21.1 Å². The number of thioether (sulfide) groups is 1. The number of allylic oxidation sites excluding steroid dienone is 1. The van der Waals surface area contributed by atoms with Crippen LogP contribution in [0.1, 0.15) is 22.2 Å². The molecule has 0 N–H and O–H groups in total. The van der Waals surface area contributed by atoms with E-state index < -0.39 is 0 Å². The van der Waals surface area contributed by atoms with Crippen LogP contribution in [0.15, 0.2) is 64.5 Å². The number of ether oxygens (including phenoxy) is 1. The fourth-order valence-corrected chi connectivity index (χ4v) is 5.80. The summed E-state index contributed by atoms with van der Waals surface area (Å²) in [5.74, 6) is 1.40. The topological polar surface area (TPSA) is 33.9 Å². The van der Waals surface area contributed by atoms with Gasteiger partial charge >= 0.3 is 0 Å². The molecule has 0 atom stereocenters. The van der Waals surface area contributed by atoms with Crippen LogP contribution in [0.3, 0.4) is 0 Å². The minimum atomic E-state index is -0.0835. The standard InChI is InChI=1S/C25H23ClN2O2S2/c1-16(14-28(3)4)23(29)24-21(18-7-6-8-19(26)13-18)22(27-2)25(32-24)31-15-17-9-11-20(30-5)12-10-17/h6-14H,15H2,1,3-5H3/b16-14+. The number of rotatable bonds is 8. The van der Waals surface area contributed by atoms with Crippen LogP contribution in [0.2, 0.25) is 5.02 Å². The molecule has 0 aliphatic rings. The van der Waals surface area contributed by atoms with Gasteiger partial charge < -0.3 is 9.64 Å². The summed E-state index contributed by atoms with van der Waals surface area (Å²) in [5.41, 5.74) is 3.65. The molecule has 0 unspecified atom stereocenters. The van der Waals surface area contributed by atoms with E-state index in [2.05, 4.69) is 4.85 Å². The lowest BCUT2D eigenvalue weighted by Gasteiger charge is -2.09. The van der Waals surface area contributed by atoms with Crippen LogP contribution in [-0.2, 0) is 5.75 Å². The number of carbonyl (C=O) groups excluding carboxylic acids is 1. The number of thiophene rings is 1. The van der Waals surface area contributed by atoms with E-state index in [1.807, 2.05) is 55.4 Å². The lowest BCUT2D eigenvalue weighted by Crippen LogP contribution is -2.07. The minimum Gasteiger partial charge on any atom is -0.497 e. The molecule has 1 aromatic heterocycles. The minimum absolute atomic E-state index is 0.0835. The number of carbonyl (C=O) groups is 1. The van der Waals surface area contributed by atoms with Crippen molar-refractivity contribution in [3.05, 3.63) is 87.2 Å². The maximum Gasteiger partial charge on any atom is 0.219 e. The third-order valence-corrected chi connectivity index (χ3v) is 7.37. The second kappa shape index (κ2) is 10.7. The Balaban J connectivity index is 2.06. The molecule has 4 nitrogen and oxygen atoms in total. The second-order valence-electron chi connectivity index (χ2n) is 7.31. The van der Waals surface area contributed by atoms with Gasteiger partial charge in [0.1, 0.15) is 5.75 Å². The smallest absolute Gasteiger partial charge is 0.219 e. The predicted molar refractivity (Wildman–Crippen MR) is 135 cm³/mol. The monoisotopic (exact) mass is 482 g/mol. The summed E-state index contributed by atoms with van der Waals surface area (Å²) in [7, 11) is 5.40. The summed E-state index contributed by atoms with van der Waals surface area (Å²) in [6.07, 6.45) is 1.80. The highest BCUT2D eigenvalue weighted by Gasteiger charge is 2.25. The van der Waals surface area contributed by atoms with Crippen LogP contribution in [0, 0.1) is 6.57 Å². The van der Waals surface area contributed by atoms with Gasteiger partial charge in [-0.3, -0.25) is 4.79 Å². The molecular formula is C25H23ClN2O2S2. The zero-order valence-electron chi connectivity index (χ0n) is 18.3. The first-order chi connectivity index (χ1) is 15.3. The normalized spacial score (nSPS) is 11.2. The Labute approximate surface area is 202 Å². The highest BCUT2D eigenvalue weighted by molar-refractivity contribution is 8.00. The van der Waals surface area contributed by atoms with Crippen LogP contribution in [-0.4, -0.2) is 31.9 Å². The Kier molecular flexibility index (Phi) is 8.03. The molecule has 3 rings (SSSR count). The van der Waals surface area contributed by atoms with E-state index in [4.69, 9.17) is 22.9 Å². The fraction of sp³-hybridized carbons (Fsp3) is 0.200. The number of ketones is 1. The summed E-state index contributed by atoms with van der Waals surface area (Å²) in [4.78, 5) is 19.6. The molecule has 2 aromatic carbocycles. The average molecular weight is 483 g/mol. The molecule has 0 spiro atoms. The van der Waals surface area contributed by atoms with Crippen molar-refractivity contribution in [1.82, 2.24) is 4.90 Å². The van der Waals surface area contributed by atoms with E-state index in [9.17, 15) is 4.79 Å². The summed E-state index contributed by atoms with van der Waals surface area (Å²) in [6, 6.07) is 15.2. The van der Waals surface area contributed by atoms with Crippen LogP contribution in [0.25, 0.3) is 16.0 Å². The Morgan fingerprint density at radius 1 is 1.25 bits per heavy atom. The highest BCUT2D eigenvalue weighted by Crippen LogP contribution is 2.49. The van der Waals surface area contributed by atoms with Gasteiger partial charge in [0.25, 0.3) is 0 Å². The van der Waals surface area contributed by atoms with Crippen LogP contribution < -0.4 is 4.74 Å². The molecule has 3 aromatic rings. The van der Waals surface area contributed by atoms with Crippen LogP contribution in [0.4, 0.5) is 5.69 Å². The molecule has 164 valence electrons. The maximum atomic E-state index is 13.3. The van der Waals surface area contributed by atoms with Gasteiger partial charge in [-0.15, -0.1) is 23.1 Å². The molecule has 0 amide bonds. The molecule has 0 radical (unpaired) electrons. The Bertz CT molecular complexity index is 1190. The molecule has 7 heteroatoms. The van der Waals surface area contributed by atoms with Crippen molar-refractivity contribution in [2.45, 2.75) is 16.9 Å². The van der Waals surface area contributed by atoms with Crippen molar-refractivity contribution in [3.63, 3.8) is 0 Å². The van der Waals surface area contributed by atoms with Gasteiger partial charge in [0.2, 0.25) is 5.69 Å². The number of hydrogen-bond donors (Lipinski definition) is 0. The molecule has 32 heavy (non-hydrogen) atoms. The second-order valence-corrected chi connectivity index (χ2v) is 10.0. The molecular weight excluding hydrogens is 460 g/mol. The molecule has 0 saturated carbocycles. The quantitative estimate of drug-likeness (QED) is 0.143. The molecule has 0 saturated heterocycles. The van der Waals surface area contributed by atoms with Crippen molar-refractivity contribution >= 4 is 46.2 Å². The molecule has 0 aliphatic heterocycles. The number of hydrogen-bond acceptors (Lipinski definition) is 5. The first kappa shape index (κ1) is 23.9.